The van der Waals surface area contributed by atoms with Crippen LogP contribution in [-0.2, 0) is 0 Å². The van der Waals surface area contributed by atoms with E-state index in [-0.39, 0.29) is 0 Å². The van der Waals surface area contributed by atoms with Crippen molar-refractivity contribution >= 4 is 11.4 Å². The highest BCUT2D eigenvalue weighted by molar-refractivity contribution is 5.68. The largest absolute Gasteiger partial charge is 0.454 e. The fourth-order valence-electron chi connectivity index (χ4n) is 4.05. The molecule has 0 radical (unpaired) electrons. The van der Waals surface area contributed by atoms with Crippen molar-refractivity contribution in [3.05, 3.63) is 52.9 Å². The van der Waals surface area contributed by atoms with Gasteiger partial charge in [0.15, 0.2) is 6.23 Å². The van der Waals surface area contributed by atoms with E-state index in [9.17, 15) is 0 Å². The van der Waals surface area contributed by atoms with E-state index in [0.29, 0.717) is 23.4 Å². The van der Waals surface area contributed by atoms with Crippen molar-refractivity contribution in [2.45, 2.75) is 65.0 Å². The number of nitrogens with two attached hydrogens (primary N) is 1. The number of hydrogen-bond donors (Lipinski definition) is 2. The molecule has 2 aromatic rings. The maximum Gasteiger partial charge on any atom is 0.223 e. The highest BCUT2D eigenvalue weighted by Gasteiger charge is 2.21. The van der Waals surface area contributed by atoms with E-state index in [1.165, 1.54) is 43.2 Å². The second-order valence-corrected chi connectivity index (χ2v) is 7.80. The smallest absolute Gasteiger partial charge is 0.223 e. The minimum absolute atomic E-state index is 0.396. The Labute approximate surface area is 168 Å². The number of rotatable bonds is 6. The molecule has 5 nitrogen and oxygen atoms in total. The van der Waals surface area contributed by atoms with Crippen LogP contribution in [0.2, 0.25) is 0 Å². The minimum atomic E-state index is -0.396. The third-order valence-electron chi connectivity index (χ3n) is 5.74. The lowest BCUT2D eigenvalue weighted by Crippen LogP contribution is -2.33. The summed E-state index contributed by atoms with van der Waals surface area (Å²) in [5.74, 6) is 2.21. The number of ether oxygens (including phenoxy) is 1. The molecule has 1 fully saturated rings. The van der Waals surface area contributed by atoms with E-state index in [4.69, 9.17) is 10.5 Å². The molecule has 1 heterocycles. The predicted octanol–water partition coefficient (Wildman–Crippen LogP) is 4.67. The summed E-state index contributed by atoms with van der Waals surface area (Å²) in [6, 6.07) is 6.67. The zero-order valence-electron chi connectivity index (χ0n) is 17.5. The first kappa shape index (κ1) is 20.3. The van der Waals surface area contributed by atoms with Crippen molar-refractivity contribution < 1.29 is 4.74 Å². The molecule has 1 unspecified atom stereocenters. The van der Waals surface area contributed by atoms with Gasteiger partial charge in [0, 0.05) is 5.57 Å². The molecule has 28 heavy (non-hydrogen) atoms. The van der Waals surface area contributed by atoms with Crippen LogP contribution in [0.25, 0.3) is 5.57 Å². The lowest BCUT2D eigenvalue weighted by molar-refractivity contribution is 0.220. The van der Waals surface area contributed by atoms with Crippen molar-refractivity contribution in [3.8, 4) is 5.88 Å². The number of hydrogen-bond acceptors (Lipinski definition) is 5. The minimum Gasteiger partial charge on any atom is -0.454 e. The summed E-state index contributed by atoms with van der Waals surface area (Å²) >= 11 is 0. The summed E-state index contributed by atoms with van der Waals surface area (Å²) in [6.07, 6.45) is 6.27. The second-order valence-electron chi connectivity index (χ2n) is 7.80. The van der Waals surface area contributed by atoms with E-state index in [2.05, 4.69) is 47.0 Å². The Morgan fingerprint density at radius 3 is 2.54 bits per heavy atom. The Hall–Kier alpha value is -2.40. The van der Waals surface area contributed by atoms with Gasteiger partial charge in [0.1, 0.15) is 11.6 Å². The molecule has 0 aliphatic heterocycles. The molecule has 0 bridgehead atoms. The lowest BCUT2D eigenvalue weighted by Gasteiger charge is -2.25. The van der Waals surface area contributed by atoms with Crippen molar-refractivity contribution in [3.63, 3.8) is 0 Å². The van der Waals surface area contributed by atoms with Crippen LogP contribution in [-0.4, -0.2) is 23.2 Å². The van der Waals surface area contributed by atoms with Crippen LogP contribution in [0.1, 0.15) is 66.1 Å². The van der Waals surface area contributed by atoms with Gasteiger partial charge in [-0.1, -0.05) is 44.0 Å². The highest BCUT2D eigenvalue weighted by Crippen LogP contribution is 2.35. The average Bonchev–Trinajstić information content (AvgIpc) is 2.69. The van der Waals surface area contributed by atoms with E-state index in [1.54, 1.807) is 6.92 Å². The van der Waals surface area contributed by atoms with Crippen molar-refractivity contribution in [1.29, 1.82) is 0 Å². The lowest BCUT2D eigenvalue weighted by atomic mass is 9.81. The molecule has 1 aromatic carbocycles. The Kier molecular flexibility index (Phi) is 6.35. The second kappa shape index (κ2) is 8.74. The number of nitrogens with one attached hydrogen (secondary N) is 1. The Morgan fingerprint density at radius 2 is 1.89 bits per heavy atom. The third kappa shape index (κ3) is 4.36. The molecular formula is C23H32N4O. The average molecular weight is 381 g/mol. The number of benzene rings is 1. The maximum absolute atomic E-state index is 6.12. The fourth-order valence-corrected chi connectivity index (χ4v) is 4.05. The summed E-state index contributed by atoms with van der Waals surface area (Å²) in [7, 11) is 1.85. The molecule has 1 aliphatic rings. The first-order valence-corrected chi connectivity index (χ1v) is 10.1. The SMILES string of the molecule is C=C(c1ccc(C2CCCCC2)c(C)c1)C(NC)Oc1nc(C)nc(N)c1C. The highest BCUT2D eigenvalue weighted by atomic mass is 16.5. The predicted molar refractivity (Wildman–Crippen MR) is 115 cm³/mol. The molecule has 0 amide bonds. The van der Waals surface area contributed by atoms with Crippen LogP contribution in [0, 0.1) is 20.8 Å². The molecule has 3 rings (SSSR count). The zero-order valence-corrected chi connectivity index (χ0v) is 17.5. The normalized spacial score (nSPS) is 16.0. The molecule has 0 saturated heterocycles. The number of aryl methyl sites for hydroxylation is 2. The van der Waals surface area contributed by atoms with Gasteiger partial charge in [0.05, 0.1) is 5.56 Å². The number of aromatic nitrogens is 2. The van der Waals surface area contributed by atoms with Crippen LogP contribution in [0.3, 0.4) is 0 Å². The van der Waals surface area contributed by atoms with Crippen LogP contribution in [0.5, 0.6) is 5.88 Å². The number of anilines is 1. The quantitative estimate of drug-likeness (QED) is 0.713. The van der Waals surface area contributed by atoms with Gasteiger partial charge in [-0.3, -0.25) is 5.32 Å². The molecular weight excluding hydrogens is 348 g/mol. The zero-order chi connectivity index (χ0) is 20.3. The van der Waals surface area contributed by atoms with Crippen LogP contribution < -0.4 is 15.8 Å². The van der Waals surface area contributed by atoms with Crippen molar-refractivity contribution in [2.24, 2.45) is 0 Å². The maximum atomic E-state index is 6.12. The van der Waals surface area contributed by atoms with Gasteiger partial charge in [-0.15, -0.1) is 0 Å². The van der Waals surface area contributed by atoms with E-state index < -0.39 is 6.23 Å². The molecule has 1 saturated carbocycles. The van der Waals surface area contributed by atoms with E-state index in [1.807, 2.05) is 14.0 Å². The summed E-state index contributed by atoms with van der Waals surface area (Å²) < 4.78 is 6.12. The molecule has 5 heteroatoms. The van der Waals surface area contributed by atoms with Gasteiger partial charge >= 0.3 is 0 Å². The molecule has 1 atom stereocenters. The number of nitrogen functional groups attached to an aromatic ring is 1. The van der Waals surface area contributed by atoms with Gasteiger partial charge < -0.3 is 10.5 Å². The first-order valence-electron chi connectivity index (χ1n) is 10.1. The van der Waals surface area contributed by atoms with Crippen molar-refractivity contribution in [1.82, 2.24) is 15.3 Å². The number of likely N-dealkylation sites (N-methyl/N-ethyl adjacent to an activating group) is 1. The van der Waals surface area contributed by atoms with E-state index in [0.717, 1.165) is 16.7 Å². The Morgan fingerprint density at radius 1 is 1.18 bits per heavy atom. The van der Waals surface area contributed by atoms with Gasteiger partial charge in [-0.2, -0.15) is 4.98 Å². The van der Waals surface area contributed by atoms with Crippen molar-refractivity contribution in [2.75, 3.05) is 12.8 Å². The first-order chi connectivity index (χ1) is 13.4. The fraction of sp³-hybridized carbons (Fsp3) is 0.478. The summed E-state index contributed by atoms with van der Waals surface area (Å²) in [6.45, 7) is 10.2. The molecule has 3 N–H and O–H groups in total. The Bertz CT molecular complexity index is 856. The topological polar surface area (TPSA) is 73.1 Å². The third-order valence-corrected chi connectivity index (χ3v) is 5.74. The Balaban J connectivity index is 1.80. The van der Waals surface area contributed by atoms with Crippen LogP contribution >= 0.6 is 0 Å². The molecule has 0 spiro atoms. The van der Waals surface area contributed by atoms with Crippen LogP contribution in [0.4, 0.5) is 5.82 Å². The van der Waals surface area contributed by atoms with Gasteiger partial charge in [-0.05, 0) is 63.3 Å². The molecule has 150 valence electrons. The van der Waals surface area contributed by atoms with Gasteiger partial charge in [0.2, 0.25) is 5.88 Å². The number of nitrogens with zero attached hydrogens (tertiary/aromatic N) is 2. The van der Waals surface area contributed by atoms with Gasteiger partial charge in [-0.25, -0.2) is 4.98 Å². The monoisotopic (exact) mass is 380 g/mol. The van der Waals surface area contributed by atoms with Crippen LogP contribution in [0.15, 0.2) is 24.8 Å². The summed E-state index contributed by atoms with van der Waals surface area (Å²) in [5.41, 5.74) is 11.5. The summed E-state index contributed by atoms with van der Waals surface area (Å²) in [4.78, 5) is 8.58. The van der Waals surface area contributed by atoms with Gasteiger partial charge in [0.25, 0.3) is 0 Å². The standard InChI is InChI=1S/C23H32N4O/c1-14-13-19(11-12-20(14)18-9-7-6-8-10-18)15(2)22(25-5)28-23-16(3)21(24)26-17(4)27-23/h11-13,18,22,25H,2,6-10H2,1,3-5H3,(H2,24,26,27). The molecule has 1 aromatic heterocycles. The van der Waals surface area contributed by atoms with E-state index >= 15 is 0 Å². The molecule has 1 aliphatic carbocycles. The summed E-state index contributed by atoms with van der Waals surface area (Å²) in [5, 5.41) is 3.19.